The summed E-state index contributed by atoms with van der Waals surface area (Å²) >= 11 is 1.84. The first-order valence-electron chi connectivity index (χ1n) is 9.51. The molecule has 0 aliphatic heterocycles. The quantitative estimate of drug-likeness (QED) is 0.147. The van der Waals surface area contributed by atoms with Crippen LogP contribution in [0.1, 0.15) is 11.4 Å². The molecule has 3 rings (SSSR count). The van der Waals surface area contributed by atoms with E-state index in [1.807, 2.05) is 36.3 Å². The highest BCUT2D eigenvalue weighted by molar-refractivity contribution is 14.0. The van der Waals surface area contributed by atoms with Crippen molar-refractivity contribution in [2.75, 3.05) is 25.9 Å². The minimum atomic E-state index is 0. The van der Waals surface area contributed by atoms with E-state index in [1.54, 1.807) is 7.05 Å². The van der Waals surface area contributed by atoms with Gasteiger partial charge in [0.1, 0.15) is 5.82 Å². The molecule has 5 nitrogen and oxygen atoms in total. The molecule has 0 radical (unpaired) electrons. The molecule has 1 aromatic heterocycles. The summed E-state index contributed by atoms with van der Waals surface area (Å²) in [5, 5.41) is 6.74. The van der Waals surface area contributed by atoms with Gasteiger partial charge in [0.2, 0.25) is 0 Å². The summed E-state index contributed by atoms with van der Waals surface area (Å²) < 4.78 is 2.20. The van der Waals surface area contributed by atoms with Crippen molar-refractivity contribution >= 4 is 41.7 Å². The molecule has 0 bridgehead atoms. The second-order valence-corrected chi connectivity index (χ2v) is 7.46. The monoisotopic (exact) mass is 521 g/mol. The second kappa shape index (κ2) is 13.3. The average Bonchev–Trinajstić information content (AvgIpc) is 3.18. The van der Waals surface area contributed by atoms with Gasteiger partial charge < -0.3 is 15.2 Å². The lowest BCUT2D eigenvalue weighted by atomic mass is 10.2. The zero-order valence-electron chi connectivity index (χ0n) is 16.6. The molecule has 0 unspecified atom stereocenters. The number of aliphatic imine (C=N–C) groups is 1. The van der Waals surface area contributed by atoms with Crippen LogP contribution in [0.5, 0.6) is 0 Å². The van der Waals surface area contributed by atoms with Crippen molar-refractivity contribution in [3.63, 3.8) is 0 Å². The second-order valence-electron chi connectivity index (χ2n) is 6.29. The SMILES string of the molecule is CN=C(NCCSc1ccccc1)NCCc1nccn1Cc1ccccc1.I. The number of benzene rings is 2. The largest absolute Gasteiger partial charge is 0.356 e. The zero-order valence-corrected chi connectivity index (χ0v) is 19.8. The van der Waals surface area contributed by atoms with Crippen molar-refractivity contribution in [1.29, 1.82) is 0 Å². The zero-order chi connectivity index (χ0) is 19.4. The Morgan fingerprint density at radius 2 is 1.69 bits per heavy atom. The van der Waals surface area contributed by atoms with Gasteiger partial charge in [-0.3, -0.25) is 4.99 Å². The van der Waals surface area contributed by atoms with Gasteiger partial charge in [-0.2, -0.15) is 0 Å². The van der Waals surface area contributed by atoms with E-state index in [-0.39, 0.29) is 24.0 Å². The average molecular weight is 521 g/mol. The van der Waals surface area contributed by atoms with Crippen molar-refractivity contribution in [2.45, 2.75) is 17.9 Å². The Hall–Kier alpha value is -2.00. The van der Waals surface area contributed by atoms with Crippen LogP contribution in [0.2, 0.25) is 0 Å². The summed E-state index contributed by atoms with van der Waals surface area (Å²) in [6, 6.07) is 20.9. The Labute approximate surface area is 194 Å². The summed E-state index contributed by atoms with van der Waals surface area (Å²) in [6.45, 7) is 2.50. The van der Waals surface area contributed by atoms with Crippen molar-refractivity contribution in [2.24, 2.45) is 4.99 Å². The van der Waals surface area contributed by atoms with Crippen LogP contribution in [0.3, 0.4) is 0 Å². The lowest BCUT2D eigenvalue weighted by molar-refractivity contribution is 0.696. The topological polar surface area (TPSA) is 54.2 Å². The van der Waals surface area contributed by atoms with Crippen LogP contribution in [0.4, 0.5) is 0 Å². The number of thioether (sulfide) groups is 1. The van der Waals surface area contributed by atoms with Crippen molar-refractivity contribution < 1.29 is 0 Å². The summed E-state index contributed by atoms with van der Waals surface area (Å²) in [6.07, 6.45) is 4.75. The highest BCUT2D eigenvalue weighted by atomic mass is 127. The third-order valence-electron chi connectivity index (χ3n) is 4.27. The molecule has 3 aromatic rings. The first-order chi connectivity index (χ1) is 13.8. The molecule has 0 atom stereocenters. The normalized spacial score (nSPS) is 11.0. The number of hydrogen-bond donors (Lipinski definition) is 2. The van der Waals surface area contributed by atoms with E-state index in [2.05, 4.69) is 73.7 Å². The van der Waals surface area contributed by atoms with E-state index in [0.29, 0.717) is 0 Å². The van der Waals surface area contributed by atoms with E-state index in [9.17, 15) is 0 Å². The molecular weight excluding hydrogens is 493 g/mol. The number of nitrogens with one attached hydrogen (secondary N) is 2. The van der Waals surface area contributed by atoms with Crippen LogP contribution in [0, 0.1) is 0 Å². The van der Waals surface area contributed by atoms with Crippen LogP contribution in [0.15, 0.2) is 82.9 Å². The predicted molar refractivity (Wildman–Crippen MR) is 133 cm³/mol. The Kier molecular flexibility index (Phi) is 10.6. The molecule has 7 heteroatoms. The third-order valence-corrected chi connectivity index (χ3v) is 5.28. The van der Waals surface area contributed by atoms with Crippen molar-refractivity contribution in [3.05, 3.63) is 84.4 Å². The molecule has 0 saturated carbocycles. The van der Waals surface area contributed by atoms with Gasteiger partial charge in [0.15, 0.2) is 5.96 Å². The minimum absolute atomic E-state index is 0. The van der Waals surface area contributed by atoms with Gasteiger partial charge in [0.05, 0.1) is 0 Å². The van der Waals surface area contributed by atoms with Crippen LogP contribution in [0.25, 0.3) is 0 Å². The molecule has 0 amide bonds. The van der Waals surface area contributed by atoms with E-state index in [1.165, 1.54) is 10.5 Å². The van der Waals surface area contributed by atoms with E-state index < -0.39 is 0 Å². The molecule has 2 aromatic carbocycles. The van der Waals surface area contributed by atoms with Crippen LogP contribution >= 0.6 is 35.7 Å². The minimum Gasteiger partial charge on any atom is -0.356 e. The Bertz CT molecular complexity index is 852. The summed E-state index contributed by atoms with van der Waals surface area (Å²) in [5.41, 5.74) is 1.28. The summed E-state index contributed by atoms with van der Waals surface area (Å²) in [5.74, 6) is 2.90. The highest BCUT2D eigenvalue weighted by Gasteiger charge is 2.04. The molecule has 1 heterocycles. The number of hydrogen-bond acceptors (Lipinski definition) is 3. The fourth-order valence-corrected chi connectivity index (χ4v) is 3.65. The van der Waals surface area contributed by atoms with Gasteiger partial charge in [-0.15, -0.1) is 35.7 Å². The summed E-state index contributed by atoms with van der Waals surface area (Å²) in [4.78, 5) is 10.1. The third kappa shape index (κ3) is 8.10. The van der Waals surface area contributed by atoms with Gasteiger partial charge in [0, 0.05) is 56.1 Å². The van der Waals surface area contributed by atoms with E-state index in [4.69, 9.17) is 0 Å². The molecule has 0 saturated heterocycles. The van der Waals surface area contributed by atoms with E-state index in [0.717, 1.165) is 43.6 Å². The van der Waals surface area contributed by atoms with Crippen molar-refractivity contribution in [1.82, 2.24) is 20.2 Å². The van der Waals surface area contributed by atoms with Crippen LogP contribution in [-0.2, 0) is 13.0 Å². The lowest BCUT2D eigenvalue weighted by Crippen LogP contribution is -2.39. The first-order valence-corrected chi connectivity index (χ1v) is 10.5. The van der Waals surface area contributed by atoms with Crippen molar-refractivity contribution in [3.8, 4) is 0 Å². The number of rotatable bonds is 9. The first kappa shape index (κ1) is 23.3. The molecule has 2 N–H and O–H groups in total. The molecule has 0 fully saturated rings. The standard InChI is InChI=1S/C22H27N5S.HI/c1-23-22(26-15-17-28-20-10-6-3-7-11-20)25-13-12-21-24-14-16-27(21)18-19-8-4-2-5-9-19;/h2-11,14,16H,12-13,15,17-18H2,1H3,(H2,23,25,26);1H. The molecular formula is C22H28IN5S. The highest BCUT2D eigenvalue weighted by Crippen LogP contribution is 2.15. The maximum Gasteiger partial charge on any atom is 0.191 e. The molecule has 0 spiro atoms. The molecule has 0 aliphatic rings. The van der Waals surface area contributed by atoms with Gasteiger partial charge in [0.25, 0.3) is 0 Å². The number of imidazole rings is 1. The van der Waals surface area contributed by atoms with Gasteiger partial charge in [-0.25, -0.2) is 4.98 Å². The predicted octanol–water partition coefficient (Wildman–Crippen LogP) is 4.05. The smallest absolute Gasteiger partial charge is 0.191 e. The Morgan fingerprint density at radius 1 is 1.00 bits per heavy atom. The fraction of sp³-hybridized carbons (Fsp3) is 0.273. The van der Waals surface area contributed by atoms with Crippen LogP contribution < -0.4 is 10.6 Å². The van der Waals surface area contributed by atoms with Gasteiger partial charge in [-0.1, -0.05) is 48.5 Å². The maximum absolute atomic E-state index is 4.50. The maximum atomic E-state index is 4.50. The molecule has 154 valence electrons. The van der Waals surface area contributed by atoms with Gasteiger partial charge in [-0.05, 0) is 17.7 Å². The fourth-order valence-electron chi connectivity index (χ4n) is 2.86. The number of guanidine groups is 1. The molecule has 0 aliphatic carbocycles. The Balaban J connectivity index is 0.00000300. The lowest BCUT2D eigenvalue weighted by Gasteiger charge is -2.12. The van der Waals surface area contributed by atoms with Gasteiger partial charge >= 0.3 is 0 Å². The number of aromatic nitrogens is 2. The van der Waals surface area contributed by atoms with E-state index >= 15 is 0 Å². The number of halogens is 1. The summed E-state index contributed by atoms with van der Waals surface area (Å²) in [7, 11) is 1.80. The Morgan fingerprint density at radius 3 is 2.41 bits per heavy atom. The molecule has 29 heavy (non-hydrogen) atoms. The van der Waals surface area contributed by atoms with Crippen LogP contribution in [-0.4, -0.2) is 41.4 Å². The number of nitrogens with zero attached hydrogens (tertiary/aromatic N) is 3.